The highest BCUT2D eigenvalue weighted by molar-refractivity contribution is 5.81. The number of carbonyl (C=O) groups excluding carboxylic acids is 2. The van der Waals surface area contributed by atoms with Gasteiger partial charge in [0.15, 0.2) is 0 Å². The molecule has 0 fully saturated rings. The van der Waals surface area contributed by atoms with Crippen molar-refractivity contribution < 1.29 is 19.1 Å². The molecule has 1 atom stereocenters. The largest absolute Gasteiger partial charge is 0.464 e. The van der Waals surface area contributed by atoms with E-state index in [2.05, 4.69) is 5.32 Å². The molecule has 1 amide bonds. The number of hydrogen-bond donors (Lipinski definition) is 1. The van der Waals surface area contributed by atoms with Crippen LogP contribution in [0, 0.1) is 0 Å². The summed E-state index contributed by atoms with van der Waals surface area (Å²) in [5.41, 5.74) is 0.942. The quantitative estimate of drug-likeness (QED) is 0.798. The second kappa shape index (κ2) is 8.13. The van der Waals surface area contributed by atoms with Crippen molar-refractivity contribution in [3.05, 3.63) is 35.9 Å². The maximum absolute atomic E-state index is 11.8. The van der Waals surface area contributed by atoms with Crippen molar-refractivity contribution in [3.8, 4) is 0 Å². The number of benzene rings is 1. The molecule has 19 heavy (non-hydrogen) atoms. The minimum atomic E-state index is -0.735. The van der Waals surface area contributed by atoms with Crippen LogP contribution in [0.5, 0.6) is 0 Å². The summed E-state index contributed by atoms with van der Waals surface area (Å²) < 4.78 is 9.73. The molecule has 104 valence electrons. The lowest BCUT2D eigenvalue weighted by atomic mass is 10.1. The lowest BCUT2D eigenvalue weighted by molar-refractivity contribution is -0.145. The molecule has 1 N–H and O–H groups in total. The topological polar surface area (TPSA) is 64.6 Å². The minimum Gasteiger partial charge on any atom is -0.464 e. The maximum Gasteiger partial charge on any atom is 0.407 e. The number of carbonyl (C=O) groups is 2. The number of esters is 1. The van der Waals surface area contributed by atoms with E-state index in [4.69, 9.17) is 9.47 Å². The summed E-state index contributed by atoms with van der Waals surface area (Å²) in [6.45, 7) is 3.96. The molecule has 5 nitrogen and oxygen atoms in total. The predicted octanol–water partition coefficient (Wildman–Crippen LogP) is 1.91. The van der Waals surface area contributed by atoms with Gasteiger partial charge in [0.25, 0.3) is 0 Å². The molecule has 1 aromatic carbocycles. The number of amides is 1. The average molecular weight is 265 g/mol. The third-order valence-electron chi connectivity index (χ3n) is 2.42. The molecule has 1 rings (SSSR count). The van der Waals surface area contributed by atoms with Gasteiger partial charge in [0.1, 0.15) is 6.04 Å². The van der Waals surface area contributed by atoms with Gasteiger partial charge in [-0.3, -0.25) is 0 Å². The van der Waals surface area contributed by atoms with Crippen LogP contribution in [0.15, 0.2) is 30.3 Å². The fraction of sp³-hybridized carbons (Fsp3) is 0.429. The molecule has 0 aliphatic carbocycles. The number of alkyl carbamates (subject to hydrolysis) is 1. The number of hydrogen-bond acceptors (Lipinski definition) is 4. The van der Waals surface area contributed by atoms with Crippen molar-refractivity contribution in [1.82, 2.24) is 5.32 Å². The zero-order valence-electron chi connectivity index (χ0n) is 11.2. The first-order chi connectivity index (χ1) is 9.17. The second-order valence-corrected chi connectivity index (χ2v) is 3.86. The van der Waals surface area contributed by atoms with Crippen LogP contribution >= 0.6 is 0 Å². The van der Waals surface area contributed by atoms with E-state index in [0.29, 0.717) is 6.42 Å². The molecular formula is C14H19NO4. The predicted molar refractivity (Wildman–Crippen MR) is 70.7 cm³/mol. The van der Waals surface area contributed by atoms with Crippen molar-refractivity contribution in [1.29, 1.82) is 0 Å². The molecule has 1 aromatic rings. The van der Waals surface area contributed by atoms with Crippen LogP contribution in [-0.4, -0.2) is 31.3 Å². The Labute approximate surface area is 112 Å². The van der Waals surface area contributed by atoms with Crippen LogP contribution < -0.4 is 5.32 Å². The van der Waals surface area contributed by atoms with Crippen molar-refractivity contribution in [2.45, 2.75) is 26.3 Å². The molecule has 0 radical (unpaired) electrons. The monoisotopic (exact) mass is 265 g/mol. The summed E-state index contributed by atoms with van der Waals surface area (Å²) in [7, 11) is 0. The van der Waals surface area contributed by atoms with Gasteiger partial charge in [-0.15, -0.1) is 0 Å². The zero-order valence-corrected chi connectivity index (χ0v) is 11.2. The van der Waals surface area contributed by atoms with Gasteiger partial charge >= 0.3 is 12.1 Å². The van der Waals surface area contributed by atoms with Crippen LogP contribution in [0.2, 0.25) is 0 Å². The smallest absolute Gasteiger partial charge is 0.407 e. The molecule has 0 unspecified atom stereocenters. The SMILES string of the molecule is CCOC(=O)N[C@@H](Cc1ccccc1)C(=O)OCC. The van der Waals surface area contributed by atoms with E-state index < -0.39 is 18.1 Å². The molecule has 5 heteroatoms. The van der Waals surface area contributed by atoms with Gasteiger partial charge in [-0.2, -0.15) is 0 Å². The van der Waals surface area contributed by atoms with Crippen LogP contribution in [0.1, 0.15) is 19.4 Å². The first-order valence-electron chi connectivity index (χ1n) is 6.31. The molecule has 0 heterocycles. The molecule has 0 aromatic heterocycles. The normalized spacial score (nSPS) is 11.5. The Kier molecular flexibility index (Phi) is 6.43. The Morgan fingerprint density at radius 2 is 1.74 bits per heavy atom. The highest BCUT2D eigenvalue weighted by Gasteiger charge is 2.22. The van der Waals surface area contributed by atoms with E-state index in [1.807, 2.05) is 30.3 Å². The Morgan fingerprint density at radius 1 is 1.11 bits per heavy atom. The highest BCUT2D eigenvalue weighted by atomic mass is 16.6. The first kappa shape index (κ1) is 15.0. The van der Waals surface area contributed by atoms with E-state index in [-0.39, 0.29) is 13.2 Å². The Hall–Kier alpha value is -2.04. The van der Waals surface area contributed by atoms with Gasteiger partial charge in [-0.05, 0) is 19.4 Å². The molecule has 0 saturated heterocycles. The summed E-state index contributed by atoms with van der Waals surface area (Å²) in [5, 5.41) is 2.52. The van der Waals surface area contributed by atoms with E-state index in [9.17, 15) is 9.59 Å². The van der Waals surface area contributed by atoms with Crippen LogP contribution in [-0.2, 0) is 20.7 Å². The van der Waals surface area contributed by atoms with Crippen LogP contribution in [0.3, 0.4) is 0 Å². The molecule has 0 aliphatic rings. The van der Waals surface area contributed by atoms with Gasteiger partial charge < -0.3 is 14.8 Å². The van der Waals surface area contributed by atoms with E-state index in [0.717, 1.165) is 5.56 Å². The Morgan fingerprint density at radius 3 is 2.32 bits per heavy atom. The average Bonchev–Trinajstić information content (AvgIpc) is 2.40. The van der Waals surface area contributed by atoms with Crippen LogP contribution in [0.4, 0.5) is 4.79 Å². The first-order valence-corrected chi connectivity index (χ1v) is 6.31. The summed E-state index contributed by atoms with van der Waals surface area (Å²) in [5.74, 6) is -0.459. The fourth-order valence-corrected chi connectivity index (χ4v) is 1.60. The minimum absolute atomic E-state index is 0.257. The van der Waals surface area contributed by atoms with Gasteiger partial charge in [0, 0.05) is 6.42 Å². The van der Waals surface area contributed by atoms with Gasteiger partial charge in [-0.25, -0.2) is 9.59 Å². The van der Waals surface area contributed by atoms with Crippen molar-refractivity contribution >= 4 is 12.1 Å². The lowest BCUT2D eigenvalue weighted by Crippen LogP contribution is -2.43. The summed E-state index contributed by atoms with van der Waals surface area (Å²) in [4.78, 5) is 23.2. The molecular weight excluding hydrogens is 246 g/mol. The number of rotatable bonds is 6. The molecule has 0 bridgehead atoms. The Balaban J connectivity index is 2.69. The van der Waals surface area contributed by atoms with E-state index >= 15 is 0 Å². The third kappa shape index (κ3) is 5.42. The molecule has 0 spiro atoms. The molecule has 0 saturated carbocycles. The highest BCUT2D eigenvalue weighted by Crippen LogP contribution is 2.05. The van der Waals surface area contributed by atoms with Gasteiger partial charge in [0.05, 0.1) is 13.2 Å². The van der Waals surface area contributed by atoms with Crippen molar-refractivity contribution in [2.75, 3.05) is 13.2 Å². The van der Waals surface area contributed by atoms with Crippen LogP contribution in [0.25, 0.3) is 0 Å². The summed E-state index contributed by atoms with van der Waals surface area (Å²) >= 11 is 0. The summed E-state index contributed by atoms with van der Waals surface area (Å²) in [6.07, 6.45) is -0.241. The van der Waals surface area contributed by atoms with Gasteiger partial charge in [0.2, 0.25) is 0 Å². The standard InChI is InChI=1S/C14H19NO4/c1-3-18-13(16)12(15-14(17)19-4-2)10-11-8-6-5-7-9-11/h5-9,12H,3-4,10H2,1-2H3,(H,15,17)/t12-/m0/s1. The second-order valence-electron chi connectivity index (χ2n) is 3.86. The zero-order chi connectivity index (χ0) is 14.1. The van der Waals surface area contributed by atoms with E-state index in [1.54, 1.807) is 13.8 Å². The van der Waals surface area contributed by atoms with Crippen molar-refractivity contribution in [2.24, 2.45) is 0 Å². The molecule has 0 aliphatic heterocycles. The van der Waals surface area contributed by atoms with Crippen molar-refractivity contribution in [3.63, 3.8) is 0 Å². The number of ether oxygens (including phenoxy) is 2. The summed E-state index contributed by atoms with van der Waals surface area (Å²) in [6, 6.07) is 8.69. The fourth-order valence-electron chi connectivity index (χ4n) is 1.60. The maximum atomic E-state index is 11.8. The number of nitrogens with one attached hydrogen (secondary N) is 1. The Bertz CT molecular complexity index is 405. The third-order valence-corrected chi connectivity index (χ3v) is 2.42. The van der Waals surface area contributed by atoms with Gasteiger partial charge in [-0.1, -0.05) is 30.3 Å². The lowest BCUT2D eigenvalue weighted by Gasteiger charge is -2.17. The van der Waals surface area contributed by atoms with E-state index in [1.165, 1.54) is 0 Å².